The van der Waals surface area contributed by atoms with Crippen LogP contribution in [-0.2, 0) is 12.0 Å². The van der Waals surface area contributed by atoms with E-state index in [-0.39, 0.29) is 16.6 Å². The van der Waals surface area contributed by atoms with Gasteiger partial charge in [0.15, 0.2) is 5.76 Å². The first-order valence-electron chi connectivity index (χ1n) is 10.6. The minimum atomic E-state index is -0.143. The van der Waals surface area contributed by atoms with E-state index in [9.17, 15) is 4.79 Å². The van der Waals surface area contributed by atoms with Crippen LogP contribution in [0.4, 0.5) is 0 Å². The average Bonchev–Trinajstić information content (AvgIpc) is 2.75. The van der Waals surface area contributed by atoms with Crippen molar-refractivity contribution in [3.63, 3.8) is 0 Å². The molecule has 0 aliphatic heterocycles. The first kappa shape index (κ1) is 20.9. The van der Waals surface area contributed by atoms with E-state index in [1.165, 1.54) is 5.56 Å². The normalized spacial score (nSPS) is 11.6. The minimum Gasteiger partial charge on any atom is -0.481 e. The number of ether oxygens (including phenoxy) is 1. The van der Waals surface area contributed by atoms with Gasteiger partial charge in [-0.25, -0.2) is 0 Å². The molecule has 3 heteroatoms. The number of rotatable bonds is 4. The Bertz CT molecular complexity index is 1270. The quantitative estimate of drug-likeness (QED) is 0.364. The summed E-state index contributed by atoms with van der Waals surface area (Å²) in [5.74, 6) is 0.722. The molecule has 4 rings (SSSR count). The van der Waals surface area contributed by atoms with Crippen LogP contribution in [0.15, 0.2) is 75.9 Å². The van der Waals surface area contributed by atoms with Crippen molar-refractivity contribution in [3.8, 4) is 17.1 Å². The van der Waals surface area contributed by atoms with Crippen LogP contribution < -0.4 is 10.2 Å². The molecule has 31 heavy (non-hydrogen) atoms. The van der Waals surface area contributed by atoms with Crippen molar-refractivity contribution in [1.29, 1.82) is 0 Å². The predicted octanol–water partition coefficient (Wildman–Crippen LogP) is 6.95. The topological polar surface area (TPSA) is 39.4 Å². The predicted molar refractivity (Wildman–Crippen MR) is 127 cm³/mol. The number of hydrogen-bond donors (Lipinski definition) is 0. The molecule has 0 saturated carbocycles. The summed E-state index contributed by atoms with van der Waals surface area (Å²) >= 11 is 0. The molecule has 0 aliphatic carbocycles. The van der Waals surface area contributed by atoms with Gasteiger partial charge >= 0.3 is 0 Å². The van der Waals surface area contributed by atoms with Crippen LogP contribution in [0.1, 0.15) is 43.0 Å². The fraction of sp³-hybridized carbons (Fsp3) is 0.250. The van der Waals surface area contributed by atoms with Crippen molar-refractivity contribution < 1.29 is 9.15 Å². The van der Waals surface area contributed by atoms with Gasteiger partial charge in [-0.2, -0.15) is 0 Å². The molecule has 3 aromatic carbocycles. The number of aryl methyl sites for hydroxylation is 2. The smallest absolute Gasteiger partial charge is 0.235 e. The average molecular weight is 413 g/mol. The molecule has 0 saturated heterocycles. The highest BCUT2D eigenvalue weighted by Gasteiger charge is 2.20. The summed E-state index contributed by atoms with van der Waals surface area (Å²) in [5, 5.41) is 0.543. The van der Waals surface area contributed by atoms with Gasteiger partial charge in [-0.05, 0) is 53.6 Å². The van der Waals surface area contributed by atoms with E-state index < -0.39 is 0 Å². The van der Waals surface area contributed by atoms with Gasteiger partial charge in [-0.1, -0.05) is 75.4 Å². The van der Waals surface area contributed by atoms with Gasteiger partial charge in [-0.15, -0.1) is 0 Å². The Kier molecular flexibility index (Phi) is 5.45. The largest absolute Gasteiger partial charge is 0.481 e. The lowest BCUT2D eigenvalue weighted by molar-refractivity contribution is 0.298. The van der Waals surface area contributed by atoms with Gasteiger partial charge in [0.1, 0.15) is 12.2 Å². The monoisotopic (exact) mass is 412 g/mol. The van der Waals surface area contributed by atoms with Crippen LogP contribution >= 0.6 is 0 Å². The van der Waals surface area contributed by atoms with Crippen molar-refractivity contribution in [1.82, 2.24) is 0 Å². The zero-order valence-corrected chi connectivity index (χ0v) is 18.8. The lowest BCUT2D eigenvalue weighted by Crippen LogP contribution is -2.12. The van der Waals surface area contributed by atoms with Gasteiger partial charge in [-0.3, -0.25) is 4.79 Å². The first-order valence-corrected chi connectivity index (χ1v) is 10.6. The van der Waals surface area contributed by atoms with Crippen LogP contribution in [0.5, 0.6) is 5.75 Å². The zero-order valence-electron chi connectivity index (χ0n) is 18.8. The van der Waals surface area contributed by atoms with E-state index in [0.717, 1.165) is 22.3 Å². The standard InChI is InChI=1S/C28H28O3/c1-18-15-23-24(16-19(18)2)31-26(21-11-13-22(14-12-21)28(3,4)5)27(25(23)29)30-17-20-9-7-6-8-10-20/h6-16H,17H2,1-5H3. The summed E-state index contributed by atoms with van der Waals surface area (Å²) < 4.78 is 12.4. The fourth-order valence-electron chi connectivity index (χ4n) is 3.61. The van der Waals surface area contributed by atoms with Gasteiger partial charge < -0.3 is 9.15 Å². The summed E-state index contributed by atoms with van der Waals surface area (Å²) in [5.41, 5.74) is 5.66. The fourth-order valence-corrected chi connectivity index (χ4v) is 3.61. The second-order valence-corrected chi connectivity index (χ2v) is 9.12. The first-order chi connectivity index (χ1) is 14.7. The van der Waals surface area contributed by atoms with E-state index in [1.54, 1.807) is 0 Å². The van der Waals surface area contributed by atoms with Crippen molar-refractivity contribution >= 4 is 11.0 Å². The summed E-state index contributed by atoms with van der Waals surface area (Å²) in [6.45, 7) is 10.9. The Morgan fingerprint density at radius 2 is 1.52 bits per heavy atom. The molecule has 0 spiro atoms. The lowest BCUT2D eigenvalue weighted by atomic mass is 9.86. The molecule has 0 amide bonds. The molecule has 158 valence electrons. The van der Waals surface area contributed by atoms with Crippen molar-refractivity contribution in [2.24, 2.45) is 0 Å². The Morgan fingerprint density at radius 3 is 2.16 bits per heavy atom. The molecule has 1 heterocycles. The molecule has 0 aliphatic rings. The Balaban J connectivity index is 1.87. The maximum atomic E-state index is 13.4. The molecule has 0 radical (unpaired) electrons. The van der Waals surface area contributed by atoms with E-state index in [4.69, 9.17) is 9.15 Å². The van der Waals surface area contributed by atoms with Gasteiger partial charge in [0, 0.05) is 5.56 Å². The number of hydrogen-bond acceptors (Lipinski definition) is 3. The molecule has 0 fully saturated rings. The highest BCUT2D eigenvalue weighted by molar-refractivity contribution is 5.83. The molecule has 0 atom stereocenters. The highest BCUT2D eigenvalue weighted by atomic mass is 16.5. The second-order valence-electron chi connectivity index (χ2n) is 9.12. The molecule has 1 aromatic heterocycles. The highest BCUT2D eigenvalue weighted by Crippen LogP contribution is 2.33. The molecule has 4 aromatic rings. The van der Waals surface area contributed by atoms with Crippen LogP contribution in [0.2, 0.25) is 0 Å². The third-order valence-corrected chi connectivity index (χ3v) is 5.70. The van der Waals surface area contributed by atoms with Gasteiger partial charge in [0.2, 0.25) is 11.2 Å². The second kappa shape index (κ2) is 8.07. The summed E-state index contributed by atoms with van der Waals surface area (Å²) in [7, 11) is 0. The van der Waals surface area contributed by atoms with Gasteiger partial charge in [0.25, 0.3) is 0 Å². The lowest BCUT2D eigenvalue weighted by Gasteiger charge is -2.19. The maximum absolute atomic E-state index is 13.4. The van der Waals surface area contributed by atoms with Crippen LogP contribution in [-0.4, -0.2) is 0 Å². The van der Waals surface area contributed by atoms with Crippen molar-refractivity contribution in [2.45, 2.75) is 46.6 Å². The summed E-state index contributed by atoms with van der Waals surface area (Å²) in [4.78, 5) is 13.4. The molecule has 3 nitrogen and oxygen atoms in total. The third-order valence-electron chi connectivity index (χ3n) is 5.70. The van der Waals surface area contributed by atoms with Crippen LogP contribution in [0.25, 0.3) is 22.3 Å². The zero-order chi connectivity index (χ0) is 22.2. The summed E-state index contributed by atoms with van der Waals surface area (Å²) in [6.07, 6.45) is 0. The van der Waals surface area contributed by atoms with Gasteiger partial charge in [0.05, 0.1) is 5.39 Å². The van der Waals surface area contributed by atoms with E-state index in [1.807, 2.05) is 68.4 Å². The van der Waals surface area contributed by atoms with Crippen molar-refractivity contribution in [3.05, 3.63) is 99.2 Å². The summed E-state index contributed by atoms with van der Waals surface area (Å²) in [6, 6.07) is 21.8. The Morgan fingerprint density at radius 1 is 0.871 bits per heavy atom. The van der Waals surface area contributed by atoms with E-state index in [0.29, 0.717) is 23.3 Å². The molecular weight excluding hydrogens is 384 g/mol. The van der Waals surface area contributed by atoms with E-state index in [2.05, 4.69) is 32.9 Å². The molecule has 0 N–H and O–H groups in total. The Hall–Kier alpha value is -3.33. The van der Waals surface area contributed by atoms with Crippen molar-refractivity contribution in [2.75, 3.05) is 0 Å². The maximum Gasteiger partial charge on any atom is 0.235 e. The van der Waals surface area contributed by atoms with Crippen LogP contribution in [0.3, 0.4) is 0 Å². The third kappa shape index (κ3) is 4.27. The SMILES string of the molecule is Cc1cc2oc(-c3ccc(C(C)(C)C)cc3)c(OCc3ccccc3)c(=O)c2cc1C. The minimum absolute atomic E-state index is 0.0457. The Labute approximate surface area is 183 Å². The molecule has 0 bridgehead atoms. The molecular formula is C28H28O3. The van der Waals surface area contributed by atoms with E-state index >= 15 is 0 Å². The van der Waals surface area contributed by atoms with Crippen LogP contribution in [0, 0.1) is 13.8 Å². The number of fused-ring (bicyclic) bond motifs is 1. The number of benzene rings is 3. The molecule has 0 unspecified atom stereocenters.